The number of carbonyl (C=O) groups excluding carboxylic acids is 1. The Morgan fingerprint density at radius 3 is 2.74 bits per heavy atom. The van der Waals surface area contributed by atoms with Crippen molar-refractivity contribution < 1.29 is 15.0 Å². The fourth-order valence-corrected chi connectivity index (χ4v) is 3.64. The third-order valence-corrected chi connectivity index (χ3v) is 5.30. The molecular formula is C21H27N7O3. The summed E-state index contributed by atoms with van der Waals surface area (Å²) >= 11 is 0. The average Bonchev–Trinajstić information content (AvgIpc) is 3.54. The topological polar surface area (TPSA) is 120 Å². The van der Waals surface area contributed by atoms with Crippen molar-refractivity contribution in [3.8, 4) is 0 Å². The first-order valence-corrected chi connectivity index (χ1v) is 10.2. The Hall–Kier alpha value is -3.24. The number of aliphatic hydroxyl groups is 2. The average molecular weight is 425 g/mol. The molecule has 10 nitrogen and oxygen atoms in total. The van der Waals surface area contributed by atoms with Crippen LogP contribution in [0.3, 0.4) is 0 Å². The van der Waals surface area contributed by atoms with Crippen LogP contribution in [0.25, 0.3) is 0 Å². The standard InChI is InChI=1S/C21H27N7O3/c1-26(10-17(30)12-29)21(31)20-19(11-27(2)25-20)28-9-15(5-6-18(28)14-3-4-14)24-16-7-22-13-23-8-16/h5-8,11,13-14,17,24,29-30H,3-4,9-10,12H2,1-2H3. The van der Waals surface area contributed by atoms with Crippen LogP contribution in [-0.4, -0.2) is 73.6 Å². The zero-order valence-corrected chi connectivity index (χ0v) is 17.6. The van der Waals surface area contributed by atoms with E-state index in [2.05, 4.69) is 37.4 Å². The second-order valence-corrected chi connectivity index (χ2v) is 7.95. The first kappa shape index (κ1) is 21.0. The summed E-state index contributed by atoms with van der Waals surface area (Å²) in [4.78, 5) is 24.7. The molecule has 0 aromatic carbocycles. The van der Waals surface area contributed by atoms with Gasteiger partial charge in [-0.2, -0.15) is 5.10 Å². The molecular weight excluding hydrogens is 398 g/mol. The molecule has 3 N–H and O–H groups in total. The van der Waals surface area contributed by atoms with E-state index < -0.39 is 12.7 Å². The molecule has 1 fully saturated rings. The van der Waals surface area contributed by atoms with Crippen molar-refractivity contribution in [2.75, 3.05) is 37.0 Å². The number of nitrogens with zero attached hydrogens (tertiary/aromatic N) is 6. The molecule has 2 aliphatic rings. The number of anilines is 2. The summed E-state index contributed by atoms with van der Waals surface area (Å²) in [6, 6.07) is 0. The Labute approximate surface area is 180 Å². The van der Waals surface area contributed by atoms with Gasteiger partial charge in [-0.3, -0.25) is 9.48 Å². The van der Waals surface area contributed by atoms with Gasteiger partial charge in [-0.25, -0.2) is 9.97 Å². The SMILES string of the molecule is CN(CC(O)CO)C(=O)c1nn(C)cc1N1CC(Nc2cncnc2)=CC=C1C1CC1. The van der Waals surface area contributed by atoms with Crippen molar-refractivity contribution in [2.24, 2.45) is 13.0 Å². The van der Waals surface area contributed by atoms with Crippen LogP contribution in [0.2, 0.25) is 0 Å². The molecule has 1 saturated carbocycles. The van der Waals surface area contributed by atoms with E-state index in [1.54, 1.807) is 31.2 Å². The fraction of sp³-hybridized carbons (Fsp3) is 0.429. The molecule has 1 amide bonds. The number of likely N-dealkylation sites (N-methyl/N-ethyl adjacent to an activating group) is 1. The number of amides is 1. The van der Waals surface area contributed by atoms with Crippen LogP contribution in [0, 0.1) is 5.92 Å². The Kier molecular flexibility index (Phi) is 6.01. The van der Waals surface area contributed by atoms with E-state index in [1.807, 2.05) is 6.20 Å². The lowest BCUT2D eigenvalue weighted by atomic mass is 10.1. The second-order valence-electron chi connectivity index (χ2n) is 7.95. The second kappa shape index (κ2) is 8.86. The molecule has 1 unspecified atom stereocenters. The van der Waals surface area contributed by atoms with E-state index in [9.17, 15) is 9.90 Å². The molecule has 2 aromatic rings. The summed E-state index contributed by atoms with van der Waals surface area (Å²) in [5, 5.41) is 26.6. The van der Waals surface area contributed by atoms with Gasteiger partial charge >= 0.3 is 0 Å². The molecule has 31 heavy (non-hydrogen) atoms. The quantitative estimate of drug-likeness (QED) is 0.567. The largest absolute Gasteiger partial charge is 0.394 e. The number of carbonyl (C=O) groups is 1. The highest BCUT2D eigenvalue weighted by Crippen LogP contribution is 2.42. The summed E-state index contributed by atoms with van der Waals surface area (Å²) in [5.41, 5.74) is 3.93. The van der Waals surface area contributed by atoms with Crippen LogP contribution in [0.4, 0.5) is 11.4 Å². The maximum Gasteiger partial charge on any atom is 0.276 e. The van der Waals surface area contributed by atoms with Crippen molar-refractivity contribution in [2.45, 2.75) is 18.9 Å². The lowest BCUT2D eigenvalue weighted by Crippen LogP contribution is -2.37. The number of aromatic nitrogens is 4. The number of aliphatic hydroxyl groups excluding tert-OH is 2. The smallest absolute Gasteiger partial charge is 0.276 e. The monoisotopic (exact) mass is 425 g/mol. The fourth-order valence-electron chi connectivity index (χ4n) is 3.64. The summed E-state index contributed by atoms with van der Waals surface area (Å²) < 4.78 is 1.62. The van der Waals surface area contributed by atoms with Crippen LogP contribution >= 0.6 is 0 Å². The van der Waals surface area contributed by atoms with Crippen LogP contribution in [0.15, 0.2) is 48.5 Å². The predicted molar refractivity (Wildman–Crippen MR) is 115 cm³/mol. The lowest BCUT2D eigenvalue weighted by Gasteiger charge is -2.31. The van der Waals surface area contributed by atoms with E-state index in [1.165, 1.54) is 11.2 Å². The third-order valence-electron chi connectivity index (χ3n) is 5.30. The van der Waals surface area contributed by atoms with Gasteiger partial charge in [0.25, 0.3) is 5.91 Å². The van der Waals surface area contributed by atoms with E-state index in [-0.39, 0.29) is 12.5 Å². The van der Waals surface area contributed by atoms with Crippen LogP contribution in [0.1, 0.15) is 23.3 Å². The highest BCUT2D eigenvalue weighted by atomic mass is 16.3. The Morgan fingerprint density at radius 2 is 2.06 bits per heavy atom. The third kappa shape index (κ3) is 4.75. The molecule has 2 aromatic heterocycles. The molecule has 10 heteroatoms. The van der Waals surface area contributed by atoms with Gasteiger partial charge < -0.3 is 25.3 Å². The lowest BCUT2D eigenvalue weighted by molar-refractivity contribution is 0.0516. The van der Waals surface area contributed by atoms with E-state index >= 15 is 0 Å². The number of rotatable bonds is 8. The van der Waals surface area contributed by atoms with Gasteiger partial charge in [0.2, 0.25) is 0 Å². The summed E-state index contributed by atoms with van der Waals surface area (Å²) in [7, 11) is 3.37. The van der Waals surface area contributed by atoms with E-state index in [4.69, 9.17) is 5.11 Å². The van der Waals surface area contributed by atoms with E-state index in [0.717, 1.165) is 29.9 Å². The minimum absolute atomic E-state index is 0.0252. The highest BCUT2D eigenvalue weighted by molar-refractivity contribution is 5.98. The zero-order valence-electron chi connectivity index (χ0n) is 17.6. The van der Waals surface area contributed by atoms with Gasteiger partial charge in [0.05, 0.1) is 43.0 Å². The van der Waals surface area contributed by atoms with Gasteiger partial charge in [0, 0.05) is 38.2 Å². The first-order chi connectivity index (χ1) is 15.0. The number of nitrogens with one attached hydrogen (secondary N) is 1. The number of hydrogen-bond donors (Lipinski definition) is 3. The number of hydrogen-bond acceptors (Lipinski definition) is 8. The number of aryl methyl sites for hydroxylation is 1. The van der Waals surface area contributed by atoms with Gasteiger partial charge in [-0.1, -0.05) is 0 Å². The van der Waals surface area contributed by atoms with Crippen molar-refractivity contribution in [1.82, 2.24) is 24.6 Å². The molecule has 4 rings (SSSR count). The van der Waals surface area contributed by atoms with Gasteiger partial charge in [0.15, 0.2) is 5.69 Å². The highest BCUT2D eigenvalue weighted by Gasteiger charge is 2.35. The van der Waals surface area contributed by atoms with Gasteiger partial charge in [0.1, 0.15) is 6.33 Å². The van der Waals surface area contributed by atoms with Crippen LogP contribution in [-0.2, 0) is 7.05 Å². The predicted octanol–water partition coefficient (Wildman–Crippen LogP) is 0.745. The van der Waals surface area contributed by atoms with Crippen molar-refractivity contribution >= 4 is 17.3 Å². The molecule has 164 valence electrons. The summed E-state index contributed by atoms with van der Waals surface area (Å²) in [5.74, 6) is 0.161. The zero-order chi connectivity index (χ0) is 22.0. The molecule has 0 radical (unpaired) electrons. The van der Waals surface area contributed by atoms with Crippen LogP contribution in [0.5, 0.6) is 0 Å². The van der Waals surface area contributed by atoms with Crippen molar-refractivity contribution in [3.05, 3.63) is 54.2 Å². The van der Waals surface area contributed by atoms with Crippen molar-refractivity contribution in [3.63, 3.8) is 0 Å². The van der Waals surface area contributed by atoms with E-state index in [0.29, 0.717) is 23.8 Å². The minimum Gasteiger partial charge on any atom is -0.394 e. The first-order valence-electron chi connectivity index (χ1n) is 10.2. The van der Waals surface area contributed by atoms with Gasteiger partial charge in [-0.05, 0) is 30.9 Å². The van der Waals surface area contributed by atoms with Crippen molar-refractivity contribution in [1.29, 1.82) is 0 Å². The number of allylic oxidation sites excluding steroid dienone is 3. The molecule has 3 heterocycles. The maximum absolute atomic E-state index is 13.1. The maximum atomic E-state index is 13.1. The molecule has 1 atom stereocenters. The summed E-state index contributed by atoms with van der Waals surface area (Å²) in [6.45, 7) is 0.167. The van der Waals surface area contributed by atoms with Crippen LogP contribution < -0.4 is 10.2 Å². The molecule has 1 aliphatic heterocycles. The Balaban J connectivity index is 1.61. The normalized spacial score (nSPS) is 17.1. The summed E-state index contributed by atoms with van der Waals surface area (Å²) in [6.07, 6.45) is 12.1. The Morgan fingerprint density at radius 1 is 1.32 bits per heavy atom. The minimum atomic E-state index is -0.996. The van der Waals surface area contributed by atoms with Gasteiger partial charge in [-0.15, -0.1) is 0 Å². The molecule has 0 spiro atoms. The molecule has 1 aliphatic carbocycles. The molecule has 0 saturated heterocycles. The Bertz CT molecular complexity index is 998. The molecule has 0 bridgehead atoms.